The van der Waals surface area contributed by atoms with Crippen molar-refractivity contribution in [3.05, 3.63) is 12.2 Å². The summed E-state index contributed by atoms with van der Waals surface area (Å²) in [5, 5.41) is 19.3. The average Bonchev–Trinajstić information content (AvgIpc) is 2.97. The van der Waals surface area contributed by atoms with E-state index in [2.05, 4.69) is 15.5 Å². The van der Waals surface area contributed by atoms with Gasteiger partial charge in [-0.1, -0.05) is 0 Å². The molecule has 1 aromatic heterocycles. The summed E-state index contributed by atoms with van der Waals surface area (Å²) in [6.45, 7) is 2.92. The average molecular weight is 281 g/mol. The van der Waals surface area contributed by atoms with Crippen LogP contribution in [0.4, 0.5) is 4.79 Å². The number of aromatic nitrogens is 3. The number of nitrogens with one attached hydrogen (secondary N) is 1. The molecule has 0 radical (unpaired) electrons. The van der Waals surface area contributed by atoms with Gasteiger partial charge in [0.2, 0.25) is 0 Å². The van der Waals surface area contributed by atoms with Crippen molar-refractivity contribution in [3.8, 4) is 0 Å². The van der Waals surface area contributed by atoms with Gasteiger partial charge in [-0.25, -0.2) is 4.79 Å². The van der Waals surface area contributed by atoms with Crippen LogP contribution in [0.2, 0.25) is 0 Å². The maximum absolute atomic E-state index is 12.1. The third-order valence-corrected chi connectivity index (χ3v) is 3.51. The van der Waals surface area contributed by atoms with Crippen LogP contribution in [0.1, 0.15) is 31.6 Å². The summed E-state index contributed by atoms with van der Waals surface area (Å²) in [6, 6.07) is -0.429. The van der Waals surface area contributed by atoms with Crippen LogP contribution in [0.25, 0.3) is 0 Å². The van der Waals surface area contributed by atoms with E-state index in [9.17, 15) is 9.59 Å². The molecule has 8 heteroatoms. The van der Waals surface area contributed by atoms with Crippen molar-refractivity contribution in [2.45, 2.75) is 25.8 Å². The fraction of sp³-hybridized carbons (Fsp3) is 0.667. The van der Waals surface area contributed by atoms with Crippen LogP contribution in [0.3, 0.4) is 0 Å². The molecule has 1 aliphatic heterocycles. The van der Waals surface area contributed by atoms with Gasteiger partial charge in [0.25, 0.3) is 0 Å². The lowest BCUT2D eigenvalue weighted by Gasteiger charge is -2.20. The normalized spacial score (nSPS) is 19.9. The molecule has 0 spiro atoms. The summed E-state index contributed by atoms with van der Waals surface area (Å²) in [5.74, 6) is -0.0901. The molecule has 1 fully saturated rings. The number of hydrogen-bond acceptors (Lipinski definition) is 4. The molecule has 2 atom stereocenters. The molecule has 2 unspecified atom stereocenters. The molecular formula is C12H19N5O3. The summed E-state index contributed by atoms with van der Waals surface area (Å²) >= 11 is 0. The van der Waals surface area contributed by atoms with Crippen molar-refractivity contribution < 1.29 is 14.7 Å². The van der Waals surface area contributed by atoms with Crippen LogP contribution >= 0.6 is 0 Å². The molecule has 2 rings (SSSR count). The molecule has 0 saturated carbocycles. The highest BCUT2D eigenvalue weighted by molar-refractivity contribution is 5.75. The molecule has 110 valence electrons. The molecule has 1 saturated heterocycles. The Hall–Kier alpha value is -2.12. The Morgan fingerprint density at radius 3 is 2.95 bits per heavy atom. The summed E-state index contributed by atoms with van der Waals surface area (Å²) in [7, 11) is 1.82. The van der Waals surface area contributed by atoms with Crippen molar-refractivity contribution in [2.75, 3.05) is 13.1 Å². The standard InChI is InChI=1S/C12H19N5O3/c1-8(11-15-13-7-16(11)2)14-12(20)17-4-3-9(6-17)5-10(18)19/h7-9H,3-6H2,1-2H3,(H,14,20)(H,18,19). The van der Waals surface area contributed by atoms with Gasteiger partial charge in [-0.2, -0.15) is 0 Å². The summed E-state index contributed by atoms with van der Waals surface area (Å²) in [4.78, 5) is 24.4. The third-order valence-electron chi connectivity index (χ3n) is 3.51. The van der Waals surface area contributed by atoms with Gasteiger partial charge < -0.3 is 19.9 Å². The highest BCUT2D eigenvalue weighted by atomic mass is 16.4. The Kier molecular flexibility index (Phi) is 4.21. The number of nitrogens with zero attached hydrogens (tertiary/aromatic N) is 4. The smallest absolute Gasteiger partial charge is 0.317 e. The number of carboxylic acid groups (broad SMARTS) is 1. The number of aliphatic carboxylic acids is 1. The first-order chi connectivity index (χ1) is 9.47. The van der Waals surface area contributed by atoms with Crippen LogP contribution in [-0.4, -0.2) is 49.9 Å². The van der Waals surface area contributed by atoms with E-state index in [1.165, 1.54) is 0 Å². The molecule has 1 aromatic rings. The van der Waals surface area contributed by atoms with Crippen molar-refractivity contribution in [2.24, 2.45) is 13.0 Å². The quantitative estimate of drug-likeness (QED) is 0.831. The monoisotopic (exact) mass is 281 g/mol. The number of rotatable bonds is 4. The maximum atomic E-state index is 12.1. The molecule has 1 aliphatic rings. The van der Waals surface area contributed by atoms with Crippen molar-refractivity contribution in [3.63, 3.8) is 0 Å². The molecule has 20 heavy (non-hydrogen) atoms. The van der Waals surface area contributed by atoms with E-state index in [1.807, 2.05) is 14.0 Å². The predicted octanol–water partition coefficient (Wildman–Crippen LogP) is 0.382. The summed E-state index contributed by atoms with van der Waals surface area (Å²) in [6.07, 6.45) is 2.43. The first kappa shape index (κ1) is 14.3. The van der Waals surface area contributed by atoms with Gasteiger partial charge in [-0.3, -0.25) is 4.79 Å². The number of carbonyl (C=O) groups is 2. The summed E-state index contributed by atoms with van der Waals surface area (Å²) in [5.41, 5.74) is 0. The zero-order valence-corrected chi connectivity index (χ0v) is 11.6. The highest BCUT2D eigenvalue weighted by Gasteiger charge is 2.28. The Morgan fingerprint density at radius 1 is 1.60 bits per heavy atom. The van der Waals surface area contributed by atoms with Gasteiger partial charge in [0.1, 0.15) is 6.33 Å². The molecule has 8 nitrogen and oxygen atoms in total. The first-order valence-corrected chi connectivity index (χ1v) is 6.58. The Balaban J connectivity index is 1.87. The van der Waals surface area contributed by atoms with E-state index in [-0.39, 0.29) is 24.4 Å². The molecule has 0 bridgehead atoms. The van der Waals surface area contributed by atoms with E-state index >= 15 is 0 Å². The second kappa shape index (κ2) is 5.89. The number of urea groups is 1. The third kappa shape index (κ3) is 3.25. The number of carbonyl (C=O) groups excluding carboxylic acids is 1. The lowest BCUT2D eigenvalue weighted by atomic mass is 10.1. The molecule has 0 aromatic carbocycles. The second-order valence-corrected chi connectivity index (χ2v) is 5.17. The lowest BCUT2D eigenvalue weighted by molar-refractivity contribution is -0.138. The fourth-order valence-corrected chi connectivity index (χ4v) is 2.46. The number of carboxylic acids is 1. The Morgan fingerprint density at radius 2 is 2.35 bits per heavy atom. The van der Waals surface area contributed by atoms with Crippen LogP contribution in [-0.2, 0) is 11.8 Å². The largest absolute Gasteiger partial charge is 0.481 e. The molecule has 2 amide bonds. The number of aryl methyl sites for hydroxylation is 1. The van der Waals surface area contributed by atoms with Gasteiger partial charge in [0.05, 0.1) is 6.04 Å². The van der Waals surface area contributed by atoms with Crippen molar-refractivity contribution >= 4 is 12.0 Å². The minimum Gasteiger partial charge on any atom is -0.481 e. The van der Waals surface area contributed by atoms with Gasteiger partial charge in [-0.15, -0.1) is 10.2 Å². The second-order valence-electron chi connectivity index (χ2n) is 5.17. The van der Waals surface area contributed by atoms with Gasteiger partial charge in [0.15, 0.2) is 5.82 Å². The molecule has 2 heterocycles. The zero-order chi connectivity index (χ0) is 14.7. The number of likely N-dealkylation sites (tertiary alicyclic amines) is 1. The van der Waals surface area contributed by atoms with E-state index in [0.29, 0.717) is 18.9 Å². The SMILES string of the molecule is CC(NC(=O)N1CCC(CC(=O)O)C1)c1nncn1C. The number of amides is 2. The Labute approximate surface area is 116 Å². The maximum Gasteiger partial charge on any atom is 0.317 e. The fourth-order valence-electron chi connectivity index (χ4n) is 2.46. The van der Waals surface area contributed by atoms with E-state index in [0.717, 1.165) is 6.42 Å². The topological polar surface area (TPSA) is 100 Å². The van der Waals surface area contributed by atoms with Crippen LogP contribution < -0.4 is 5.32 Å². The van der Waals surface area contributed by atoms with Gasteiger partial charge in [-0.05, 0) is 19.3 Å². The van der Waals surface area contributed by atoms with Crippen molar-refractivity contribution in [1.82, 2.24) is 25.0 Å². The van der Waals surface area contributed by atoms with Crippen LogP contribution in [0.15, 0.2) is 6.33 Å². The highest BCUT2D eigenvalue weighted by Crippen LogP contribution is 2.20. The minimum absolute atomic E-state index is 0.0448. The molecule has 2 N–H and O–H groups in total. The van der Waals surface area contributed by atoms with Crippen LogP contribution in [0.5, 0.6) is 0 Å². The minimum atomic E-state index is -0.815. The van der Waals surface area contributed by atoms with Gasteiger partial charge in [0, 0.05) is 26.6 Å². The van der Waals surface area contributed by atoms with Gasteiger partial charge >= 0.3 is 12.0 Å². The van der Waals surface area contributed by atoms with E-state index < -0.39 is 5.97 Å². The molecular weight excluding hydrogens is 262 g/mol. The zero-order valence-electron chi connectivity index (χ0n) is 11.6. The first-order valence-electron chi connectivity index (χ1n) is 6.58. The van der Waals surface area contributed by atoms with E-state index in [1.54, 1.807) is 15.8 Å². The van der Waals surface area contributed by atoms with E-state index in [4.69, 9.17) is 5.11 Å². The predicted molar refractivity (Wildman–Crippen MR) is 69.9 cm³/mol. The Bertz CT molecular complexity index is 501. The van der Waals surface area contributed by atoms with Crippen molar-refractivity contribution in [1.29, 1.82) is 0 Å². The number of hydrogen-bond donors (Lipinski definition) is 2. The van der Waals surface area contributed by atoms with Crippen LogP contribution in [0, 0.1) is 5.92 Å². The summed E-state index contributed by atoms with van der Waals surface area (Å²) < 4.78 is 1.75. The lowest BCUT2D eigenvalue weighted by Crippen LogP contribution is -2.40. The molecule has 0 aliphatic carbocycles.